The minimum atomic E-state index is -0.387. The van der Waals surface area contributed by atoms with Crippen LogP contribution in [0.2, 0.25) is 0 Å². The number of nitrogens with zero attached hydrogens (tertiary/aromatic N) is 2. The molecular weight excluding hydrogens is 276 g/mol. The fourth-order valence-corrected chi connectivity index (χ4v) is 3.64. The molecular formula is C13H20N4O2S. The Kier molecular flexibility index (Phi) is 5.05. The lowest BCUT2D eigenvalue weighted by atomic mass is 10.2. The van der Waals surface area contributed by atoms with E-state index in [2.05, 4.69) is 22.5 Å². The van der Waals surface area contributed by atoms with E-state index in [-0.39, 0.29) is 16.7 Å². The predicted molar refractivity (Wildman–Crippen MR) is 83.6 cm³/mol. The molecule has 1 saturated carbocycles. The first-order chi connectivity index (χ1) is 9.63. The monoisotopic (exact) mass is 296 g/mol. The number of aromatic nitrogens is 1. The van der Waals surface area contributed by atoms with Crippen LogP contribution in [-0.2, 0) is 0 Å². The highest BCUT2D eigenvalue weighted by atomic mass is 32.2. The Balaban J connectivity index is 2.10. The predicted octanol–water partition coefficient (Wildman–Crippen LogP) is 3.12. The first-order valence-corrected chi connectivity index (χ1v) is 7.90. The van der Waals surface area contributed by atoms with Crippen LogP contribution in [0.15, 0.2) is 12.1 Å². The second kappa shape index (κ2) is 6.78. The highest BCUT2D eigenvalue weighted by molar-refractivity contribution is 7.99. The fraction of sp³-hybridized carbons (Fsp3) is 0.615. The van der Waals surface area contributed by atoms with Gasteiger partial charge in [0.1, 0.15) is 5.82 Å². The lowest BCUT2D eigenvalue weighted by molar-refractivity contribution is -0.384. The molecule has 2 rings (SSSR count). The van der Waals surface area contributed by atoms with Crippen LogP contribution in [-0.4, -0.2) is 34.0 Å². The zero-order valence-corrected chi connectivity index (χ0v) is 12.6. The van der Waals surface area contributed by atoms with Gasteiger partial charge in [0.15, 0.2) is 0 Å². The Labute approximate surface area is 122 Å². The third-order valence-electron chi connectivity index (χ3n) is 3.45. The summed E-state index contributed by atoms with van der Waals surface area (Å²) in [6.45, 7) is 2.16. The van der Waals surface area contributed by atoms with Gasteiger partial charge in [-0.15, -0.1) is 0 Å². The van der Waals surface area contributed by atoms with Gasteiger partial charge in [-0.2, -0.15) is 11.8 Å². The largest absolute Gasteiger partial charge is 0.373 e. The van der Waals surface area contributed by atoms with E-state index in [1.807, 2.05) is 11.8 Å². The first-order valence-electron chi connectivity index (χ1n) is 6.85. The van der Waals surface area contributed by atoms with Crippen molar-refractivity contribution >= 4 is 29.1 Å². The lowest BCUT2D eigenvalue weighted by Gasteiger charge is -2.14. The van der Waals surface area contributed by atoms with Gasteiger partial charge in [0.25, 0.3) is 0 Å². The average molecular weight is 296 g/mol. The van der Waals surface area contributed by atoms with Gasteiger partial charge in [0.2, 0.25) is 5.82 Å². The van der Waals surface area contributed by atoms with Gasteiger partial charge in [-0.05, 0) is 31.1 Å². The van der Waals surface area contributed by atoms with Crippen molar-refractivity contribution in [1.29, 1.82) is 0 Å². The van der Waals surface area contributed by atoms with E-state index in [4.69, 9.17) is 0 Å². The number of thioether (sulfide) groups is 1. The van der Waals surface area contributed by atoms with Crippen molar-refractivity contribution in [3.05, 3.63) is 22.2 Å². The van der Waals surface area contributed by atoms with Crippen molar-refractivity contribution in [2.75, 3.05) is 23.4 Å². The van der Waals surface area contributed by atoms with Crippen molar-refractivity contribution < 1.29 is 4.92 Å². The van der Waals surface area contributed by atoms with Gasteiger partial charge in [0.05, 0.1) is 4.92 Å². The molecule has 110 valence electrons. The Morgan fingerprint density at radius 2 is 2.30 bits per heavy atom. The van der Waals surface area contributed by atoms with E-state index < -0.39 is 0 Å². The zero-order valence-electron chi connectivity index (χ0n) is 11.8. The summed E-state index contributed by atoms with van der Waals surface area (Å²) >= 11 is 1.96. The van der Waals surface area contributed by atoms with E-state index in [0.29, 0.717) is 16.9 Å². The first kappa shape index (κ1) is 14.9. The SMILES string of the molecule is CCSC1CCC(Nc2nc(NC)ccc2[N+](=O)[O-])C1. The molecule has 0 aliphatic heterocycles. The normalized spacial score (nSPS) is 21.7. The van der Waals surface area contributed by atoms with Crippen LogP contribution in [0.25, 0.3) is 0 Å². The Hall–Kier alpha value is -1.50. The van der Waals surface area contributed by atoms with Gasteiger partial charge in [0, 0.05) is 24.4 Å². The molecule has 0 bridgehead atoms. The summed E-state index contributed by atoms with van der Waals surface area (Å²) in [6.07, 6.45) is 3.25. The van der Waals surface area contributed by atoms with Crippen LogP contribution in [0.1, 0.15) is 26.2 Å². The summed E-state index contributed by atoms with van der Waals surface area (Å²) in [4.78, 5) is 15.0. The molecule has 1 heterocycles. The summed E-state index contributed by atoms with van der Waals surface area (Å²) in [5.41, 5.74) is 0.0376. The Morgan fingerprint density at radius 1 is 1.50 bits per heavy atom. The van der Waals surface area contributed by atoms with Crippen LogP contribution in [0.5, 0.6) is 0 Å². The van der Waals surface area contributed by atoms with E-state index >= 15 is 0 Å². The molecule has 1 aliphatic rings. The summed E-state index contributed by atoms with van der Waals surface area (Å²) in [5, 5.41) is 17.9. The fourth-order valence-electron chi connectivity index (χ4n) is 2.50. The van der Waals surface area contributed by atoms with E-state index in [1.54, 1.807) is 13.1 Å². The van der Waals surface area contributed by atoms with Crippen LogP contribution in [0.3, 0.4) is 0 Å². The number of pyridine rings is 1. The minimum Gasteiger partial charge on any atom is -0.373 e. The van der Waals surface area contributed by atoms with Crippen LogP contribution in [0, 0.1) is 10.1 Å². The summed E-state index contributed by atoms with van der Waals surface area (Å²) < 4.78 is 0. The molecule has 0 amide bonds. The highest BCUT2D eigenvalue weighted by Crippen LogP contribution is 2.33. The molecule has 0 saturated heterocycles. The van der Waals surface area contributed by atoms with Gasteiger partial charge in [-0.1, -0.05) is 6.92 Å². The number of nitro groups is 1. The van der Waals surface area contributed by atoms with Crippen molar-refractivity contribution in [3.8, 4) is 0 Å². The maximum absolute atomic E-state index is 11.1. The molecule has 0 radical (unpaired) electrons. The molecule has 2 unspecified atom stereocenters. The van der Waals surface area contributed by atoms with Crippen molar-refractivity contribution in [3.63, 3.8) is 0 Å². The van der Waals surface area contributed by atoms with E-state index in [0.717, 1.165) is 25.0 Å². The number of anilines is 2. The van der Waals surface area contributed by atoms with Gasteiger partial charge in [-0.25, -0.2) is 4.98 Å². The smallest absolute Gasteiger partial charge is 0.311 e. The van der Waals surface area contributed by atoms with Crippen molar-refractivity contribution in [2.45, 2.75) is 37.5 Å². The lowest BCUT2D eigenvalue weighted by Crippen LogP contribution is -2.18. The van der Waals surface area contributed by atoms with Gasteiger partial charge in [-0.3, -0.25) is 10.1 Å². The van der Waals surface area contributed by atoms with Crippen LogP contribution in [0.4, 0.5) is 17.3 Å². The highest BCUT2D eigenvalue weighted by Gasteiger charge is 2.27. The standard InChI is InChI=1S/C13H20N4O2S/c1-3-20-10-5-4-9(8-10)15-13-11(17(18)19)6-7-12(14-2)16-13/h6-7,9-10H,3-5,8H2,1-2H3,(H2,14,15,16). The molecule has 20 heavy (non-hydrogen) atoms. The van der Waals surface area contributed by atoms with Crippen LogP contribution >= 0.6 is 11.8 Å². The molecule has 0 spiro atoms. The Morgan fingerprint density at radius 3 is 2.95 bits per heavy atom. The number of rotatable bonds is 6. The average Bonchev–Trinajstić information content (AvgIpc) is 2.86. The quantitative estimate of drug-likeness (QED) is 0.620. The van der Waals surface area contributed by atoms with Crippen molar-refractivity contribution in [1.82, 2.24) is 4.98 Å². The third-order valence-corrected chi connectivity index (χ3v) is 4.69. The molecule has 6 nitrogen and oxygen atoms in total. The summed E-state index contributed by atoms with van der Waals surface area (Å²) in [5.74, 6) is 2.12. The number of hydrogen-bond acceptors (Lipinski definition) is 6. The second-order valence-corrected chi connectivity index (χ2v) is 6.38. The van der Waals surface area contributed by atoms with Gasteiger partial charge < -0.3 is 10.6 Å². The van der Waals surface area contributed by atoms with E-state index in [9.17, 15) is 10.1 Å². The number of nitrogens with one attached hydrogen (secondary N) is 2. The maximum Gasteiger partial charge on any atom is 0.311 e. The molecule has 0 aromatic carbocycles. The molecule has 2 N–H and O–H groups in total. The molecule has 7 heteroatoms. The summed E-state index contributed by atoms with van der Waals surface area (Å²) in [6, 6.07) is 3.39. The maximum atomic E-state index is 11.1. The zero-order chi connectivity index (χ0) is 14.5. The minimum absolute atomic E-state index is 0.0376. The molecule has 1 aromatic heterocycles. The molecule has 1 fully saturated rings. The molecule has 1 aromatic rings. The topological polar surface area (TPSA) is 80.1 Å². The molecule has 1 aliphatic carbocycles. The van der Waals surface area contributed by atoms with Crippen molar-refractivity contribution in [2.24, 2.45) is 0 Å². The second-order valence-electron chi connectivity index (χ2n) is 4.80. The summed E-state index contributed by atoms with van der Waals surface area (Å²) in [7, 11) is 1.75. The van der Waals surface area contributed by atoms with E-state index in [1.165, 1.54) is 6.07 Å². The van der Waals surface area contributed by atoms with Gasteiger partial charge >= 0.3 is 5.69 Å². The molecule has 2 atom stereocenters. The Bertz CT molecular complexity index is 483. The number of hydrogen-bond donors (Lipinski definition) is 2. The van der Waals surface area contributed by atoms with Crippen LogP contribution < -0.4 is 10.6 Å². The third kappa shape index (κ3) is 3.53.